The minimum atomic E-state index is 0.800. The van der Waals surface area contributed by atoms with Crippen LogP contribution in [0.2, 0.25) is 0 Å². The quantitative estimate of drug-likeness (QED) is 0.891. The van der Waals surface area contributed by atoms with Crippen molar-refractivity contribution in [2.45, 2.75) is 26.7 Å². The lowest BCUT2D eigenvalue weighted by molar-refractivity contribution is 0.876. The molecule has 0 saturated carbocycles. The first kappa shape index (κ1) is 12.6. The highest BCUT2D eigenvalue weighted by Crippen LogP contribution is 2.19. The summed E-state index contributed by atoms with van der Waals surface area (Å²) in [5.41, 5.74) is 3.39. The Bertz CT molecular complexity index is 535. The highest BCUT2D eigenvalue weighted by molar-refractivity contribution is 5.58. The molecule has 0 aliphatic carbocycles. The summed E-state index contributed by atoms with van der Waals surface area (Å²) < 4.78 is 0. The van der Waals surface area contributed by atoms with Gasteiger partial charge in [0.05, 0.1) is 0 Å². The maximum atomic E-state index is 4.63. The third kappa shape index (κ3) is 2.86. The molecule has 1 N–H and O–H groups in total. The zero-order chi connectivity index (χ0) is 13.0. The van der Waals surface area contributed by atoms with Gasteiger partial charge >= 0.3 is 0 Å². The molecule has 0 unspecified atom stereocenters. The molecule has 0 amide bonds. The number of aromatic nitrogens is 2. The first-order chi connectivity index (χ1) is 8.72. The van der Waals surface area contributed by atoms with Crippen molar-refractivity contribution in [3.63, 3.8) is 0 Å². The van der Waals surface area contributed by atoms with Gasteiger partial charge in [0.15, 0.2) is 5.82 Å². The van der Waals surface area contributed by atoms with E-state index in [4.69, 9.17) is 0 Å². The van der Waals surface area contributed by atoms with Gasteiger partial charge in [0.1, 0.15) is 5.82 Å². The molecule has 0 atom stereocenters. The molecule has 0 spiro atoms. The van der Waals surface area contributed by atoms with Gasteiger partial charge in [-0.05, 0) is 19.4 Å². The molecule has 94 valence electrons. The third-order valence-corrected chi connectivity index (χ3v) is 2.82. The van der Waals surface area contributed by atoms with Crippen molar-refractivity contribution in [3.05, 3.63) is 41.6 Å². The molecule has 3 nitrogen and oxygen atoms in total. The lowest BCUT2D eigenvalue weighted by atomic mass is 10.1. The Hall–Kier alpha value is -1.90. The average Bonchev–Trinajstić information content (AvgIpc) is 2.39. The Balaban J connectivity index is 2.46. The average molecular weight is 241 g/mol. The Kier molecular flexibility index (Phi) is 3.92. The first-order valence-corrected chi connectivity index (χ1v) is 6.35. The van der Waals surface area contributed by atoms with Crippen LogP contribution < -0.4 is 5.32 Å². The zero-order valence-corrected chi connectivity index (χ0v) is 11.2. The van der Waals surface area contributed by atoms with Gasteiger partial charge in [-0.15, -0.1) is 0 Å². The van der Waals surface area contributed by atoms with E-state index >= 15 is 0 Å². The molecular weight excluding hydrogens is 222 g/mol. The van der Waals surface area contributed by atoms with E-state index in [0.29, 0.717) is 0 Å². The number of rotatable bonds is 4. The number of nitrogens with zero attached hydrogens (tertiary/aromatic N) is 2. The van der Waals surface area contributed by atoms with Crippen molar-refractivity contribution in [1.29, 1.82) is 0 Å². The van der Waals surface area contributed by atoms with E-state index in [1.807, 2.05) is 19.2 Å². The van der Waals surface area contributed by atoms with Crippen LogP contribution in [0.3, 0.4) is 0 Å². The minimum Gasteiger partial charge on any atom is -0.373 e. The van der Waals surface area contributed by atoms with E-state index < -0.39 is 0 Å². The standard InChI is InChI=1S/C15H19N3/c1-4-6-13-10-14(16-3)18-15(17-13)12-8-5-7-11(2)9-12/h5,7-10H,4,6H2,1-3H3,(H,16,17,18). The Morgan fingerprint density at radius 3 is 2.67 bits per heavy atom. The molecule has 1 aromatic heterocycles. The largest absolute Gasteiger partial charge is 0.373 e. The number of anilines is 1. The van der Waals surface area contributed by atoms with Gasteiger partial charge in [0, 0.05) is 24.4 Å². The molecule has 2 aromatic rings. The Morgan fingerprint density at radius 2 is 2.00 bits per heavy atom. The van der Waals surface area contributed by atoms with Crippen LogP contribution in [0.4, 0.5) is 5.82 Å². The van der Waals surface area contributed by atoms with Crippen molar-refractivity contribution < 1.29 is 0 Å². The van der Waals surface area contributed by atoms with E-state index in [-0.39, 0.29) is 0 Å². The number of hydrogen-bond donors (Lipinski definition) is 1. The van der Waals surface area contributed by atoms with Crippen LogP contribution in [-0.4, -0.2) is 17.0 Å². The van der Waals surface area contributed by atoms with E-state index in [0.717, 1.165) is 35.7 Å². The van der Waals surface area contributed by atoms with E-state index in [1.165, 1.54) is 5.56 Å². The van der Waals surface area contributed by atoms with Crippen molar-refractivity contribution in [2.24, 2.45) is 0 Å². The summed E-state index contributed by atoms with van der Waals surface area (Å²) in [6.07, 6.45) is 2.07. The van der Waals surface area contributed by atoms with Gasteiger partial charge < -0.3 is 5.32 Å². The number of hydrogen-bond acceptors (Lipinski definition) is 3. The van der Waals surface area contributed by atoms with Gasteiger partial charge in [0.2, 0.25) is 0 Å². The number of benzene rings is 1. The van der Waals surface area contributed by atoms with Crippen LogP contribution in [0, 0.1) is 6.92 Å². The molecule has 0 saturated heterocycles. The smallest absolute Gasteiger partial charge is 0.161 e. The molecule has 0 fully saturated rings. The molecule has 0 aliphatic heterocycles. The topological polar surface area (TPSA) is 37.8 Å². The SMILES string of the molecule is CCCc1cc(NC)nc(-c2cccc(C)c2)n1. The molecule has 1 heterocycles. The fourth-order valence-electron chi connectivity index (χ4n) is 1.92. The third-order valence-electron chi connectivity index (χ3n) is 2.82. The molecule has 0 aliphatic rings. The molecular formula is C15H19N3. The monoisotopic (exact) mass is 241 g/mol. The summed E-state index contributed by atoms with van der Waals surface area (Å²) in [5.74, 6) is 1.68. The van der Waals surface area contributed by atoms with Gasteiger partial charge in [-0.3, -0.25) is 0 Å². The predicted octanol–water partition coefficient (Wildman–Crippen LogP) is 3.45. The number of aryl methyl sites for hydroxylation is 2. The van der Waals surface area contributed by atoms with Crippen LogP contribution in [0.25, 0.3) is 11.4 Å². The summed E-state index contributed by atoms with van der Waals surface area (Å²) in [7, 11) is 1.89. The second kappa shape index (κ2) is 5.63. The summed E-state index contributed by atoms with van der Waals surface area (Å²) in [6, 6.07) is 10.3. The lowest BCUT2D eigenvalue weighted by Gasteiger charge is -2.07. The second-order valence-electron chi connectivity index (χ2n) is 4.44. The van der Waals surface area contributed by atoms with Crippen LogP contribution in [0.5, 0.6) is 0 Å². The maximum absolute atomic E-state index is 4.63. The van der Waals surface area contributed by atoms with E-state index in [2.05, 4.69) is 47.3 Å². The first-order valence-electron chi connectivity index (χ1n) is 6.35. The normalized spacial score (nSPS) is 10.4. The summed E-state index contributed by atoms with van der Waals surface area (Å²) >= 11 is 0. The van der Waals surface area contributed by atoms with Crippen LogP contribution in [0.15, 0.2) is 30.3 Å². The van der Waals surface area contributed by atoms with Gasteiger partial charge in [-0.2, -0.15) is 0 Å². The minimum absolute atomic E-state index is 0.800. The zero-order valence-electron chi connectivity index (χ0n) is 11.2. The number of nitrogens with one attached hydrogen (secondary N) is 1. The highest BCUT2D eigenvalue weighted by Gasteiger charge is 2.06. The Morgan fingerprint density at radius 1 is 1.17 bits per heavy atom. The highest BCUT2D eigenvalue weighted by atomic mass is 15.0. The van der Waals surface area contributed by atoms with Crippen molar-refractivity contribution in [3.8, 4) is 11.4 Å². The molecule has 18 heavy (non-hydrogen) atoms. The molecule has 0 radical (unpaired) electrons. The fourth-order valence-corrected chi connectivity index (χ4v) is 1.92. The molecule has 0 bridgehead atoms. The summed E-state index contributed by atoms with van der Waals surface area (Å²) in [5, 5.41) is 3.10. The van der Waals surface area contributed by atoms with Crippen molar-refractivity contribution >= 4 is 5.82 Å². The van der Waals surface area contributed by atoms with E-state index in [1.54, 1.807) is 0 Å². The molecule has 2 rings (SSSR count). The predicted molar refractivity (Wildman–Crippen MR) is 75.7 cm³/mol. The van der Waals surface area contributed by atoms with Gasteiger partial charge in [-0.25, -0.2) is 9.97 Å². The molecule has 3 heteroatoms. The lowest BCUT2D eigenvalue weighted by Crippen LogP contribution is -2.01. The van der Waals surface area contributed by atoms with Gasteiger partial charge in [0.25, 0.3) is 0 Å². The van der Waals surface area contributed by atoms with Crippen molar-refractivity contribution in [1.82, 2.24) is 9.97 Å². The van der Waals surface area contributed by atoms with E-state index in [9.17, 15) is 0 Å². The molecule has 1 aromatic carbocycles. The van der Waals surface area contributed by atoms with Gasteiger partial charge in [-0.1, -0.05) is 37.1 Å². The van der Waals surface area contributed by atoms with Crippen LogP contribution in [0.1, 0.15) is 24.6 Å². The maximum Gasteiger partial charge on any atom is 0.161 e. The van der Waals surface area contributed by atoms with Crippen LogP contribution in [-0.2, 0) is 6.42 Å². The summed E-state index contributed by atoms with van der Waals surface area (Å²) in [4.78, 5) is 9.15. The Labute approximate surface area is 108 Å². The second-order valence-corrected chi connectivity index (χ2v) is 4.44. The van der Waals surface area contributed by atoms with Crippen LogP contribution >= 0.6 is 0 Å². The van der Waals surface area contributed by atoms with Crippen molar-refractivity contribution in [2.75, 3.05) is 12.4 Å². The fraction of sp³-hybridized carbons (Fsp3) is 0.333. The summed E-state index contributed by atoms with van der Waals surface area (Å²) in [6.45, 7) is 4.24.